The van der Waals surface area contributed by atoms with Gasteiger partial charge in [0, 0.05) is 115 Å². The number of aliphatic carboxylic acids is 1. The van der Waals surface area contributed by atoms with Crippen molar-refractivity contribution in [2.45, 2.75) is 119 Å². The van der Waals surface area contributed by atoms with E-state index in [9.17, 15) is 43.5 Å². The van der Waals surface area contributed by atoms with Crippen LogP contribution in [0, 0.1) is 0 Å². The summed E-state index contributed by atoms with van der Waals surface area (Å²) in [6.07, 6.45) is 5.92. The quantitative estimate of drug-likeness (QED) is 0.0222. The molecule has 8 rings (SSSR count). The van der Waals surface area contributed by atoms with Gasteiger partial charge in [-0.15, -0.1) is 0 Å². The number of rotatable bonds is 36. The highest BCUT2D eigenvalue weighted by Gasteiger charge is 2.37. The lowest BCUT2D eigenvalue weighted by Gasteiger charge is -2.28. The highest BCUT2D eigenvalue weighted by molar-refractivity contribution is 7.80. The van der Waals surface area contributed by atoms with Crippen LogP contribution >= 0.6 is 12.6 Å². The van der Waals surface area contributed by atoms with Crippen molar-refractivity contribution in [1.29, 1.82) is 0 Å². The largest absolute Gasteiger partial charge is 0.480 e. The molecule has 19 N–H and O–H groups in total. The van der Waals surface area contributed by atoms with Gasteiger partial charge in [0.15, 0.2) is 0 Å². The van der Waals surface area contributed by atoms with E-state index in [-0.39, 0.29) is 50.7 Å². The molecular weight excluding hydrogens is 1240 g/mol. The van der Waals surface area contributed by atoms with Gasteiger partial charge in [-0.25, -0.2) is 14.8 Å². The fourth-order valence-corrected chi connectivity index (χ4v) is 10.8. The Bertz CT molecular complexity index is 3960. The molecule has 30 heteroatoms. The summed E-state index contributed by atoms with van der Waals surface area (Å²) in [5.41, 5.74) is 21.4. The van der Waals surface area contributed by atoms with E-state index in [0.29, 0.717) is 44.5 Å². The standard InChI is InChI=1S/C65H75N17O12S/c66-44(33-95)57(85)77-49(23-36-11-3-1-4-12-36)60(88)79-52(26-39-30-72-46-18-10-8-16-43(39)46)62(90)80-51(25-38-29-71-45-17-9-7-15-42(38)45)61(89)78-50(24-37-13-5-2-6-14-37)59(87)75-47(19-21-55(67)83)58(86)81-54(28-41-32-70-35-74-41)64(92)82-53(27-40-31-69-34-73-40)63(91)76-48(65(93)94)20-22-56(68)84/h1-18,29-32,34-35,44,47-54,71-72,95H,19-28,33,66H2,(H2,67,83)(H2,68,84)(H,69,73)(H,70,74)(H,75,87)(H,76,91)(H,77,85)(H,78,89)(H,79,88)(H,80,90)(H,81,86)(H,82,92)(H,93,94)/t44-,47-,48-,49-,50-,51-,52-,53-,54-/m0/s1. The van der Waals surface area contributed by atoms with Gasteiger partial charge in [-0.2, -0.15) is 12.6 Å². The number of aromatic nitrogens is 6. The van der Waals surface area contributed by atoms with Crippen LogP contribution in [0.5, 0.6) is 0 Å². The van der Waals surface area contributed by atoms with Gasteiger partial charge in [0.05, 0.1) is 18.7 Å². The second-order valence-corrected chi connectivity index (χ2v) is 23.1. The molecule has 0 bridgehead atoms. The number of fused-ring (bicyclic) bond motifs is 2. The Kier molecular flexibility index (Phi) is 24.9. The van der Waals surface area contributed by atoms with Crippen molar-refractivity contribution in [2.75, 3.05) is 5.75 Å². The molecule has 0 unspecified atom stereocenters. The average Bonchev–Trinajstić information content (AvgIpc) is 1.83. The zero-order valence-electron chi connectivity index (χ0n) is 51.3. The number of carboxylic acids is 1. The summed E-state index contributed by atoms with van der Waals surface area (Å²) in [5.74, 6) is -10.3. The number of hydrogen-bond acceptors (Lipinski definition) is 15. The molecule has 4 aromatic carbocycles. The normalized spacial score (nSPS) is 14.0. The number of thiol groups is 1. The van der Waals surface area contributed by atoms with E-state index < -0.39 is 139 Å². The third-order valence-corrected chi connectivity index (χ3v) is 16.1. The van der Waals surface area contributed by atoms with Gasteiger partial charge in [0.25, 0.3) is 0 Å². The first-order chi connectivity index (χ1) is 45.7. The second-order valence-electron chi connectivity index (χ2n) is 22.7. The summed E-state index contributed by atoms with van der Waals surface area (Å²) < 4.78 is 0. The number of para-hydroxylation sites is 2. The van der Waals surface area contributed by atoms with Crippen LogP contribution in [0.2, 0.25) is 0 Å². The van der Waals surface area contributed by atoms with Crippen LogP contribution in [0.3, 0.4) is 0 Å². The molecule has 498 valence electrons. The third kappa shape index (κ3) is 20.4. The molecule has 0 aliphatic heterocycles. The molecule has 9 atom stereocenters. The minimum atomic E-state index is -1.66. The molecule has 0 saturated carbocycles. The Balaban J connectivity index is 1.09. The van der Waals surface area contributed by atoms with Crippen molar-refractivity contribution in [3.05, 3.63) is 180 Å². The third-order valence-electron chi connectivity index (χ3n) is 15.7. The molecule has 10 amide bonds. The minimum Gasteiger partial charge on any atom is -0.480 e. The van der Waals surface area contributed by atoms with Gasteiger partial charge < -0.3 is 84.8 Å². The number of nitrogens with one attached hydrogen (secondary N) is 12. The van der Waals surface area contributed by atoms with E-state index in [1.165, 1.54) is 25.0 Å². The molecule has 95 heavy (non-hydrogen) atoms. The highest BCUT2D eigenvalue weighted by atomic mass is 32.1. The number of carboxylic acid groups (broad SMARTS) is 1. The molecule has 0 aliphatic rings. The van der Waals surface area contributed by atoms with E-state index >= 15 is 14.4 Å². The minimum absolute atomic E-state index is 0.00385. The molecular formula is C65H75N17O12S. The van der Waals surface area contributed by atoms with Crippen LogP contribution in [-0.4, -0.2) is 160 Å². The number of amides is 10. The summed E-state index contributed by atoms with van der Waals surface area (Å²) in [5, 5.41) is 32.7. The van der Waals surface area contributed by atoms with Crippen molar-refractivity contribution < 1.29 is 57.8 Å². The van der Waals surface area contributed by atoms with Crippen LogP contribution in [-0.2, 0) is 91.3 Å². The first-order valence-electron chi connectivity index (χ1n) is 30.4. The molecule has 4 aromatic heterocycles. The summed E-state index contributed by atoms with van der Waals surface area (Å²) >= 11 is 4.18. The number of carbonyl (C=O) groups is 11. The Labute approximate surface area is 549 Å². The summed E-state index contributed by atoms with van der Waals surface area (Å²) in [6, 6.07) is 18.7. The van der Waals surface area contributed by atoms with Crippen LogP contribution < -0.4 is 59.7 Å². The zero-order valence-corrected chi connectivity index (χ0v) is 52.2. The number of nitrogens with two attached hydrogens (primary N) is 3. The lowest BCUT2D eigenvalue weighted by atomic mass is 9.99. The number of hydrogen-bond donors (Lipinski definition) is 17. The first kappa shape index (κ1) is 69.7. The van der Waals surface area contributed by atoms with Crippen LogP contribution in [0.4, 0.5) is 0 Å². The smallest absolute Gasteiger partial charge is 0.326 e. The van der Waals surface area contributed by atoms with Crippen molar-refractivity contribution in [1.82, 2.24) is 72.4 Å². The van der Waals surface area contributed by atoms with Crippen LogP contribution in [0.1, 0.15) is 59.3 Å². The topological polar surface area (TPSA) is 471 Å². The zero-order chi connectivity index (χ0) is 68.0. The Morgan fingerprint density at radius 1 is 0.411 bits per heavy atom. The Morgan fingerprint density at radius 3 is 1.11 bits per heavy atom. The van der Waals surface area contributed by atoms with E-state index in [1.54, 1.807) is 79.1 Å². The predicted octanol–water partition coefficient (Wildman–Crippen LogP) is -0.398. The number of H-pyrrole nitrogens is 4. The lowest BCUT2D eigenvalue weighted by molar-refractivity contribution is -0.142. The molecule has 4 heterocycles. The van der Waals surface area contributed by atoms with Crippen LogP contribution in [0.25, 0.3) is 21.8 Å². The van der Waals surface area contributed by atoms with Crippen LogP contribution in [0.15, 0.2) is 147 Å². The second kappa shape index (κ2) is 34.0. The Hall–Kier alpha value is -11.1. The molecule has 0 fully saturated rings. The van der Waals surface area contributed by atoms with Gasteiger partial charge in [-0.05, 0) is 47.2 Å². The van der Waals surface area contributed by atoms with E-state index in [0.717, 1.165) is 10.9 Å². The molecule has 0 radical (unpaired) electrons. The molecule has 0 saturated heterocycles. The fraction of sp³-hybridized carbons (Fsp3) is 0.308. The molecule has 8 aromatic rings. The van der Waals surface area contributed by atoms with Gasteiger partial charge in [-0.3, -0.25) is 47.9 Å². The maximum absolute atomic E-state index is 15.4. The van der Waals surface area contributed by atoms with Crippen molar-refractivity contribution in [3.8, 4) is 0 Å². The fourth-order valence-electron chi connectivity index (χ4n) is 10.6. The lowest BCUT2D eigenvalue weighted by Crippen LogP contribution is -2.61. The van der Waals surface area contributed by atoms with Crippen molar-refractivity contribution in [2.24, 2.45) is 17.2 Å². The van der Waals surface area contributed by atoms with E-state index in [1.807, 2.05) is 42.5 Å². The van der Waals surface area contributed by atoms with E-state index in [4.69, 9.17) is 17.2 Å². The predicted molar refractivity (Wildman–Crippen MR) is 351 cm³/mol. The average molecular weight is 1320 g/mol. The monoisotopic (exact) mass is 1320 g/mol. The highest BCUT2D eigenvalue weighted by Crippen LogP contribution is 2.22. The van der Waals surface area contributed by atoms with Gasteiger partial charge in [-0.1, -0.05) is 97.1 Å². The summed E-state index contributed by atoms with van der Waals surface area (Å²) in [6.45, 7) is 0. The number of primary amides is 2. The Morgan fingerprint density at radius 2 is 0.737 bits per heavy atom. The van der Waals surface area contributed by atoms with Crippen molar-refractivity contribution in [3.63, 3.8) is 0 Å². The molecule has 0 spiro atoms. The number of imidazole rings is 2. The number of carbonyl (C=O) groups excluding carboxylic acids is 10. The van der Waals surface area contributed by atoms with Gasteiger partial charge >= 0.3 is 5.97 Å². The maximum Gasteiger partial charge on any atom is 0.326 e. The number of aromatic amines is 4. The molecule has 29 nitrogen and oxygen atoms in total. The summed E-state index contributed by atoms with van der Waals surface area (Å²) in [4.78, 5) is 173. The van der Waals surface area contributed by atoms with E-state index in [2.05, 4.69) is 85.1 Å². The summed E-state index contributed by atoms with van der Waals surface area (Å²) in [7, 11) is 0. The SMILES string of the molecule is NC(=O)CC[C@H](NC(=O)[C@H](Cc1cnc[nH]1)NC(=O)[C@H](Cc1cnc[nH]1)NC(=O)[C@H](CCC(N)=O)NC(=O)[C@H](Cc1ccccc1)NC(=O)[C@H](Cc1c[nH]c2ccccc12)NC(=O)[C@H](Cc1c[nH]c2ccccc12)NC(=O)[C@H](Cc1ccccc1)NC(=O)[C@@H](N)CS)C(=O)O. The number of nitrogens with zero attached hydrogens (tertiary/aromatic N) is 2. The van der Waals surface area contributed by atoms with Crippen molar-refractivity contribution >= 4 is 99.5 Å². The maximum atomic E-state index is 15.4. The first-order valence-corrected chi connectivity index (χ1v) is 31.1. The van der Waals surface area contributed by atoms with Gasteiger partial charge in [0.1, 0.15) is 48.3 Å². The number of benzene rings is 4. The van der Waals surface area contributed by atoms with Gasteiger partial charge in [0.2, 0.25) is 59.1 Å². The molecule has 0 aliphatic carbocycles.